The van der Waals surface area contributed by atoms with Crippen LogP contribution in [0, 0.1) is 18.2 Å². The van der Waals surface area contributed by atoms with E-state index in [-0.39, 0.29) is 60.6 Å². The van der Waals surface area contributed by atoms with Crippen molar-refractivity contribution >= 4 is 80.6 Å². The largest absolute Gasteiger partial charge is 0.494 e. The Morgan fingerprint density at radius 1 is 0.959 bits per heavy atom. The van der Waals surface area contributed by atoms with Gasteiger partial charge in [0.25, 0.3) is 0 Å². The number of aliphatic hydroxyl groups excluding tert-OH is 1. The van der Waals surface area contributed by atoms with Gasteiger partial charge in [0.05, 0.1) is 45.5 Å². The fourth-order valence-electron chi connectivity index (χ4n) is 9.14. The molecule has 2 saturated heterocycles. The number of unbranched alkanes of at least 4 members (excludes halogenated alkanes) is 3. The molecule has 2 aliphatic heterocycles. The highest BCUT2D eigenvalue weighted by Crippen LogP contribution is 2.34. The van der Waals surface area contributed by atoms with Gasteiger partial charge in [0.1, 0.15) is 35.8 Å². The quantitative estimate of drug-likeness (QED) is 0.0306. The van der Waals surface area contributed by atoms with Crippen molar-refractivity contribution in [3.8, 4) is 16.2 Å². The summed E-state index contributed by atoms with van der Waals surface area (Å²) in [5.41, 5.74) is 5.56. The van der Waals surface area contributed by atoms with Gasteiger partial charge in [0.2, 0.25) is 29.5 Å². The van der Waals surface area contributed by atoms with Gasteiger partial charge < -0.3 is 41.3 Å². The van der Waals surface area contributed by atoms with Crippen molar-refractivity contribution in [3.05, 3.63) is 101 Å². The molecule has 3 atom stereocenters. The lowest BCUT2D eigenvalue weighted by Crippen LogP contribution is -2.57. The fraction of sp³-hybridized carbons (Fsp3) is 0.444. The van der Waals surface area contributed by atoms with E-state index in [0.29, 0.717) is 59.7 Å². The van der Waals surface area contributed by atoms with Gasteiger partial charge in [0.15, 0.2) is 0 Å². The number of likely N-dealkylation sites (tertiary alicyclic amines) is 2. The number of β-amino-alcohol motifs (C(OH)–C–C–N with tert-alkyl or cyclic N) is 1. The summed E-state index contributed by atoms with van der Waals surface area (Å²) in [6.45, 7) is 9.89. The van der Waals surface area contributed by atoms with E-state index in [1.54, 1.807) is 29.5 Å². The Bertz CT molecular complexity index is 2820. The number of nitrogens with zero attached hydrogens (tertiary/aromatic N) is 5. The van der Waals surface area contributed by atoms with Gasteiger partial charge in [-0.1, -0.05) is 75.6 Å². The molecule has 4 heterocycles. The lowest BCUT2D eigenvalue weighted by molar-refractivity contribution is -0.144. The molecule has 74 heavy (non-hydrogen) atoms. The summed E-state index contributed by atoms with van der Waals surface area (Å²) in [5, 5.41) is 26.2. The standard InChI is InChI=1S/C54H66ClFN10O7S/c1-33-49(74-32-60-33)35-16-14-34(15-17-35)29-57-52(71)44-26-38(67)30-66(44)53(72)50(54(2,3)4)64-48(70)12-9-7-6-8-11-46(68)61-36-20-23-65(24-21-36)22-10-13-47(69)63-43-27-39-42(28-45(43)73-5)58-31-59-51(39)62-37-18-19-41(56)40(55)25-37/h10,13-19,25,27-28,31-32,36,38,44,50,67H,6-9,11-12,20-24,26,29-30H2,1-5H3,(H,57,71)(H,61,68)(H,63,69)(H,64,70)(H,58,59,62)/b13-10+/t38-,44+,50-/m1/s1. The van der Waals surface area contributed by atoms with Crippen LogP contribution < -0.4 is 31.3 Å². The molecule has 6 N–H and O–H groups in total. The van der Waals surface area contributed by atoms with Gasteiger partial charge in [-0.2, -0.15) is 0 Å². The van der Waals surface area contributed by atoms with Gasteiger partial charge in [-0.15, -0.1) is 11.3 Å². The third-order valence-electron chi connectivity index (χ3n) is 13.3. The van der Waals surface area contributed by atoms with Crippen molar-refractivity contribution in [3.63, 3.8) is 0 Å². The maximum Gasteiger partial charge on any atom is 0.248 e. The number of ether oxygens (including phenoxy) is 1. The number of methoxy groups -OCH3 is 1. The zero-order valence-corrected chi connectivity index (χ0v) is 44.1. The number of aryl methyl sites for hydroxylation is 1. The summed E-state index contributed by atoms with van der Waals surface area (Å²) in [7, 11) is 1.50. The summed E-state index contributed by atoms with van der Waals surface area (Å²) >= 11 is 7.54. The monoisotopic (exact) mass is 1050 g/mol. The number of carbonyl (C=O) groups is 5. The van der Waals surface area contributed by atoms with Gasteiger partial charge >= 0.3 is 0 Å². The smallest absolute Gasteiger partial charge is 0.248 e. The second kappa shape index (κ2) is 25.6. The van der Waals surface area contributed by atoms with Crippen LogP contribution in [0.2, 0.25) is 5.02 Å². The van der Waals surface area contributed by atoms with Gasteiger partial charge in [0, 0.05) is 81.2 Å². The van der Waals surface area contributed by atoms with E-state index in [4.69, 9.17) is 16.3 Å². The molecule has 17 nitrogen and oxygen atoms in total. The zero-order chi connectivity index (χ0) is 52.9. The molecule has 3 aromatic carbocycles. The van der Waals surface area contributed by atoms with E-state index in [1.807, 2.05) is 57.5 Å². The number of rotatable bonds is 21. The number of aromatic nitrogens is 3. The Morgan fingerprint density at radius 3 is 2.36 bits per heavy atom. The Kier molecular flexibility index (Phi) is 19.1. The number of nitrogens with one attached hydrogen (secondary N) is 5. The molecule has 0 spiro atoms. The average molecular weight is 1050 g/mol. The van der Waals surface area contributed by atoms with Crippen LogP contribution in [0.15, 0.2) is 78.6 Å². The number of aliphatic hydroxyl groups is 1. The third-order valence-corrected chi connectivity index (χ3v) is 14.5. The van der Waals surface area contributed by atoms with Crippen molar-refractivity contribution in [1.82, 2.24) is 40.7 Å². The summed E-state index contributed by atoms with van der Waals surface area (Å²) < 4.78 is 19.3. The summed E-state index contributed by atoms with van der Waals surface area (Å²) in [6, 6.07) is 13.8. The van der Waals surface area contributed by atoms with Crippen molar-refractivity contribution in [2.24, 2.45) is 5.41 Å². The first-order valence-electron chi connectivity index (χ1n) is 25.0. The predicted octanol–water partition coefficient (Wildman–Crippen LogP) is 7.83. The number of halogens is 2. The topological polar surface area (TPSA) is 220 Å². The van der Waals surface area contributed by atoms with Gasteiger partial charge in [-0.25, -0.2) is 19.3 Å². The first-order valence-corrected chi connectivity index (χ1v) is 26.3. The first-order chi connectivity index (χ1) is 35.4. The van der Waals surface area contributed by atoms with Crippen LogP contribution in [0.5, 0.6) is 5.75 Å². The maximum absolute atomic E-state index is 14.0. The molecule has 0 radical (unpaired) electrons. The Morgan fingerprint density at radius 2 is 1.69 bits per heavy atom. The predicted molar refractivity (Wildman–Crippen MR) is 286 cm³/mol. The van der Waals surface area contributed by atoms with E-state index in [2.05, 4.69) is 46.4 Å². The highest BCUT2D eigenvalue weighted by Gasteiger charge is 2.44. The average Bonchev–Trinajstić information content (AvgIpc) is 3.99. The number of thiazole rings is 1. The molecular formula is C54H66ClFN10O7S. The second-order valence-electron chi connectivity index (χ2n) is 19.9. The molecule has 20 heteroatoms. The minimum atomic E-state index is -0.905. The van der Waals surface area contributed by atoms with E-state index in [1.165, 1.54) is 42.6 Å². The highest BCUT2D eigenvalue weighted by molar-refractivity contribution is 7.13. The first kappa shape index (κ1) is 55.2. The number of piperidine rings is 1. The van der Waals surface area contributed by atoms with E-state index >= 15 is 0 Å². The Labute approximate surface area is 440 Å². The number of amides is 5. The normalized spacial score (nSPS) is 16.8. The fourth-order valence-corrected chi connectivity index (χ4v) is 10.1. The van der Waals surface area contributed by atoms with Crippen molar-refractivity contribution in [2.45, 2.75) is 116 Å². The Hall–Kier alpha value is -6.54. The molecule has 2 fully saturated rings. The molecule has 5 amide bonds. The van der Waals surface area contributed by atoms with E-state index < -0.39 is 35.3 Å². The minimum absolute atomic E-state index is 0.00110. The number of hydrogen-bond acceptors (Lipinski definition) is 13. The number of fused-ring (bicyclic) bond motifs is 1. The van der Waals surface area contributed by atoms with Crippen LogP contribution in [-0.2, 0) is 30.5 Å². The Balaban J connectivity index is 0.774. The van der Waals surface area contributed by atoms with Crippen LogP contribution in [0.4, 0.5) is 21.6 Å². The number of hydrogen-bond donors (Lipinski definition) is 6. The lowest BCUT2D eigenvalue weighted by atomic mass is 9.85. The summed E-state index contributed by atoms with van der Waals surface area (Å²) in [4.78, 5) is 84.3. The molecule has 0 bridgehead atoms. The number of carbonyl (C=O) groups excluding carboxylic acids is 5. The van der Waals surface area contributed by atoms with E-state index in [0.717, 1.165) is 60.5 Å². The van der Waals surface area contributed by atoms with E-state index in [9.17, 15) is 33.5 Å². The summed E-state index contributed by atoms with van der Waals surface area (Å²) in [6.07, 6.45) is 8.86. The van der Waals surface area contributed by atoms with Crippen molar-refractivity contribution < 1.29 is 38.2 Å². The highest BCUT2D eigenvalue weighted by atomic mass is 35.5. The molecule has 7 rings (SSSR count). The number of anilines is 3. The molecule has 2 aliphatic rings. The van der Waals surface area contributed by atoms with Crippen LogP contribution in [0.25, 0.3) is 21.3 Å². The minimum Gasteiger partial charge on any atom is -0.494 e. The molecule has 0 saturated carbocycles. The zero-order valence-electron chi connectivity index (χ0n) is 42.5. The van der Waals surface area contributed by atoms with Crippen LogP contribution in [0.1, 0.15) is 89.8 Å². The van der Waals surface area contributed by atoms with Crippen LogP contribution >= 0.6 is 22.9 Å². The SMILES string of the molecule is COc1cc2ncnc(Nc3ccc(F)c(Cl)c3)c2cc1NC(=O)/C=C/CN1CCC(NC(=O)CCCCCCC(=O)N[C@H](C(=O)N2C[C@H](O)C[C@H]2C(=O)NCc2ccc(-c3scnc3C)cc2)C(C)(C)C)CC1. The van der Waals surface area contributed by atoms with Crippen molar-refractivity contribution in [2.75, 3.05) is 43.9 Å². The molecule has 2 aromatic heterocycles. The molecule has 5 aromatic rings. The maximum atomic E-state index is 14.0. The van der Waals surface area contributed by atoms with Gasteiger partial charge in [-0.05, 0) is 73.4 Å². The van der Waals surface area contributed by atoms with Crippen molar-refractivity contribution in [1.29, 1.82) is 0 Å². The summed E-state index contributed by atoms with van der Waals surface area (Å²) in [5.74, 6) is -1.07. The molecule has 0 aliphatic carbocycles. The molecule has 0 unspecified atom stereocenters. The molecule has 394 valence electrons. The second-order valence-corrected chi connectivity index (χ2v) is 21.2. The van der Waals surface area contributed by atoms with Crippen LogP contribution in [0.3, 0.4) is 0 Å². The van der Waals surface area contributed by atoms with Crippen LogP contribution in [-0.4, -0.2) is 117 Å². The number of benzene rings is 3. The molecular weight excluding hydrogens is 987 g/mol. The van der Waals surface area contributed by atoms with Gasteiger partial charge in [-0.3, -0.25) is 28.9 Å². The third kappa shape index (κ3) is 15.0. The lowest BCUT2D eigenvalue weighted by Gasteiger charge is -2.35.